The summed E-state index contributed by atoms with van der Waals surface area (Å²) >= 11 is 0. The molecule has 1 aliphatic rings. The number of morpholine rings is 1. The van der Waals surface area contributed by atoms with Crippen LogP contribution in [0.15, 0.2) is 54.7 Å². The Morgan fingerprint density at radius 2 is 1.88 bits per heavy atom. The highest BCUT2D eigenvalue weighted by Crippen LogP contribution is 2.37. The molecular formula is C25H28F3N3O2. The van der Waals surface area contributed by atoms with Gasteiger partial charge in [-0.3, -0.25) is 9.69 Å². The predicted molar refractivity (Wildman–Crippen MR) is 121 cm³/mol. The first-order chi connectivity index (χ1) is 15.8. The van der Waals surface area contributed by atoms with Gasteiger partial charge in [0.25, 0.3) is 0 Å². The molecule has 0 aliphatic carbocycles. The molecule has 5 nitrogen and oxygen atoms in total. The summed E-state index contributed by atoms with van der Waals surface area (Å²) in [6.07, 6.45) is -2.46. The van der Waals surface area contributed by atoms with Gasteiger partial charge in [-0.15, -0.1) is 0 Å². The molecule has 0 unspecified atom stereocenters. The van der Waals surface area contributed by atoms with Gasteiger partial charge in [-0.1, -0.05) is 36.4 Å². The number of benzene rings is 2. The number of ether oxygens (including phenoxy) is 1. The van der Waals surface area contributed by atoms with Gasteiger partial charge in [0.05, 0.1) is 18.8 Å². The van der Waals surface area contributed by atoms with Crippen LogP contribution in [0, 0.1) is 0 Å². The normalized spacial score (nSPS) is 16.1. The monoisotopic (exact) mass is 459 g/mol. The number of para-hydroxylation sites is 1. The smallest absolute Gasteiger partial charge is 0.379 e. The maximum absolute atomic E-state index is 13.4. The number of carbonyl (C=O) groups is 1. The molecule has 1 aromatic heterocycles. The molecule has 2 heterocycles. The van der Waals surface area contributed by atoms with E-state index in [-0.39, 0.29) is 12.3 Å². The molecule has 0 radical (unpaired) electrons. The van der Waals surface area contributed by atoms with Gasteiger partial charge in [0.2, 0.25) is 5.91 Å². The van der Waals surface area contributed by atoms with Crippen molar-refractivity contribution in [1.82, 2.24) is 14.8 Å². The Hall–Kier alpha value is -2.84. The summed E-state index contributed by atoms with van der Waals surface area (Å²) < 4.78 is 47.5. The number of rotatable bonds is 7. The van der Waals surface area contributed by atoms with Crippen molar-refractivity contribution >= 4 is 16.8 Å². The lowest BCUT2D eigenvalue weighted by Gasteiger charge is -2.26. The molecule has 4 rings (SSSR count). The first kappa shape index (κ1) is 23.3. The van der Waals surface area contributed by atoms with Crippen LogP contribution >= 0.6 is 0 Å². The second kappa shape index (κ2) is 9.97. The minimum atomic E-state index is -4.44. The van der Waals surface area contributed by atoms with Gasteiger partial charge in [0.1, 0.15) is 0 Å². The molecule has 0 saturated carbocycles. The van der Waals surface area contributed by atoms with E-state index in [2.05, 4.69) is 10.2 Å². The fourth-order valence-corrected chi connectivity index (χ4v) is 4.43. The lowest BCUT2D eigenvalue weighted by Crippen LogP contribution is -2.41. The third kappa shape index (κ3) is 5.57. The van der Waals surface area contributed by atoms with Crippen LogP contribution < -0.4 is 5.32 Å². The Bertz CT molecular complexity index is 1100. The Morgan fingerprint density at radius 1 is 1.12 bits per heavy atom. The van der Waals surface area contributed by atoms with Gasteiger partial charge in [-0.05, 0) is 23.3 Å². The molecule has 3 aromatic rings. The van der Waals surface area contributed by atoms with E-state index >= 15 is 0 Å². The van der Waals surface area contributed by atoms with E-state index in [4.69, 9.17) is 4.74 Å². The first-order valence-corrected chi connectivity index (χ1v) is 11.1. The summed E-state index contributed by atoms with van der Waals surface area (Å²) in [5, 5.41) is 3.88. The molecule has 2 aromatic carbocycles. The second-order valence-corrected chi connectivity index (χ2v) is 8.40. The SMILES string of the molecule is Cn1cc([C@H](CC(=O)NCCN2CCOCC2)c2cccc(C(F)(F)F)c2)c2ccccc21. The van der Waals surface area contributed by atoms with E-state index < -0.39 is 17.7 Å². The summed E-state index contributed by atoms with van der Waals surface area (Å²) in [7, 11) is 1.90. The molecule has 1 amide bonds. The van der Waals surface area contributed by atoms with Crippen molar-refractivity contribution in [3.63, 3.8) is 0 Å². The zero-order valence-corrected chi connectivity index (χ0v) is 18.6. The van der Waals surface area contributed by atoms with Crippen molar-refractivity contribution in [2.45, 2.75) is 18.5 Å². The van der Waals surface area contributed by atoms with Gasteiger partial charge in [-0.2, -0.15) is 13.2 Å². The Balaban J connectivity index is 1.58. The number of nitrogens with one attached hydrogen (secondary N) is 1. The van der Waals surface area contributed by atoms with Crippen molar-refractivity contribution in [2.75, 3.05) is 39.4 Å². The summed E-state index contributed by atoms with van der Waals surface area (Å²) in [6.45, 7) is 4.25. The number of fused-ring (bicyclic) bond motifs is 1. The molecule has 176 valence electrons. The number of carbonyl (C=O) groups excluding carboxylic acids is 1. The highest BCUT2D eigenvalue weighted by molar-refractivity contribution is 5.86. The van der Waals surface area contributed by atoms with Crippen LogP contribution in [-0.4, -0.2) is 54.8 Å². The second-order valence-electron chi connectivity index (χ2n) is 8.40. The van der Waals surface area contributed by atoms with E-state index in [0.717, 1.165) is 48.2 Å². The minimum Gasteiger partial charge on any atom is -0.379 e. The van der Waals surface area contributed by atoms with Crippen molar-refractivity contribution in [1.29, 1.82) is 0 Å². The van der Waals surface area contributed by atoms with Gasteiger partial charge < -0.3 is 14.6 Å². The van der Waals surface area contributed by atoms with Crippen LogP contribution in [0.25, 0.3) is 10.9 Å². The number of nitrogens with zero attached hydrogens (tertiary/aromatic N) is 2. The largest absolute Gasteiger partial charge is 0.416 e. The van der Waals surface area contributed by atoms with Gasteiger partial charge in [0.15, 0.2) is 0 Å². The van der Waals surface area contributed by atoms with Crippen molar-refractivity contribution < 1.29 is 22.7 Å². The van der Waals surface area contributed by atoms with Crippen molar-refractivity contribution in [2.24, 2.45) is 7.05 Å². The third-order valence-electron chi connectivity index (χ3n) is 6.16. The number of hydrogen-bond donors (Lipinski definition) is 1. The zero-order valence-electron chi connectivity index (χ0n) is 18.6. The predicted octanol–water partition coefficient (Wildman–Crippen LogP) is 4.17. The van der Waals surface area contributed by atoms with E-state index in [9.17, 15) is 18.0 Å². The van der Waals surface area contributed by atoms with Gasteiger partial charge in [0, 0.05) is 62.7 Å². The van der Waals surface area contributed by atoms with E-state index in [0.29, 0.717) is 25.3 Å². The third-order valence-corrected chi connectivity index (χ3v) is 6.16. The molecule has 1 N–H and O–H groups in total. The number of amides is 1. The summed E-state index contributed by atoms with van der Waals surface area (Å²) in [4.78, 5) is 15.1. The Kier molecular flexibility index (Phi) is 7.05. The molecule has 33 heavy (non-hydrogen) atoms. The Labute approximate surface area is 191 Å². The van der Waals surface area contributed by atoms with E-state index in [1.54, 1.807) is 6.07 Å². The van der Waals surface area contributed by atoms with Crippen LogP contribution in [0.3, 0.4) is 0 Å². The molecule has 0 bridgehead atoms. The maximum Gasteiger partial charge on any atom is 0.416 e. The molecule has 1 aliphatic heterocycles. The first-order valence-electron chi connectivity index (χ1n) is 11.1. The maximum atomic E-state index is 13.4. The highest BCUT2D eigenvalue weighted by atomic mass is 19.4. The number of aromatic nitrogens is 1. The lowest BCUT2D eigenvalue weighted by atomic mass is 9.87. The summed E-state index contributed by atoms with van der Waals surface area (Å²) in [5.74, 6) is -0.680. The van der Waals surface area contributed by atoms with E-state index in [1.165, 1.54) is 6.07 Å². The molecule has 0 spiro atoms. The summed E-state index contributed by atoms with van der Waals surface area (Å²) in [5.41, 5.74) is 1.58. The average molecular weight is 460 g/mol. The molecule has 1 saturated heterocycles. The average Bonchev–Trinajstić information content (AvgIpc) is 3.14. The minimum absolute atomic E-state index is 0.0679. The molecular weight excluding hydrogens is 431 g/mol. The standard InChI is InChI=1S/C25H28F3N3O2/c1-30-17-22(20-7-2-3-8-23(20)30)21(18-5-4-6-19(15-18)25(26,27)28)16-24(32)29-9-10-31-11-13-33-14-12-31/h2-8,15,17,21H,9-14,16H2,1H3,(H,29,32)/t21-/m1/s1. The van der Waals surface area contributed by atoms with Crippen LogP contribution in [0.1, 0.15) is 29.0 Å². The number of halogens is 3. The molecule has 1 fully saturated rings. The fraction of sp³-hybridized carbons (Fsp3) is 0.400. The van der Waals surface area contributed by atoms with Crippen LogP contribution in [0.2, 0.25) is 0 Å². The highest BCUT2D eigenvalue weighted by Gasteiger charge is 2.32. The molecule has 8 heteroatoms. The molecule has 1 atom stereocenters. The van der Waals surface area contributed by atoms with Crippen LogP contribution in [0.4, 0.5) is 13.2 Å². The Morgan fingerprint density at radius 3 is 2.64 bits per heavy atom. The number of alkyl halides is 3. The number of hydrogen-bond acceptors (Lipinski definition) is 3. The topological polar surface area (TPSA) is 46.5 Å². The van der Waals surface area contributed by atoms with Crippen molar-refractivity contribution in [3.8, 4) is 0 Å². The van der Waals surface area contributed by atoms with E-state index in [1.807, 2.05) is 42.1 Å². The van der Waals surface area contributed by atoms with Gasteiger partial charge >= 0.3 is 6.18 Å². The summed E-state index contributed by atoms with van der Waals surface area (Å²) in [6, 6.07) is 13.0. The number of aryl methyl sites for hydroxylation is 1. The fourth-order valence-electron chi connectivity index (χ4n) is 4.43. The van der Waals surface area contributed by atoms with Crippen LogP contribution in [0.5, 0.6) is 0 Å². The lowest BCUT2D eigenvalue weighted by molar-refractivity contribution is -0.137. The van der Waals surface area contributed by atoms with Gasteiger partial charge in [-0.25, -0.2) is 0 Å². The van der Waals surface area contributed by atoms with Crippen LogP contribution in [-0.2, 0) is 22.8 Å². The van der Waals surface area contributed by atoms with Crippen molar-refractivity contribution in [3.05, 3.63) is 71.4 Å². The quantitative estimate of drug-likeness (QED) is 0.577. The zero-order chi connectivity index (χ0) is 23.4.